The molecule has 0 saturated carbocycles. The predicted octanol–water partition coefficient (Wildman–Crippen LogP) is 1.20. The molecule has 174 valence electrons. The van der Waals surface area contributed by atoms with Gasteiger partial charge in [-0.1, -0.05) is 42.5 Å². The fraction of sp³-hybridized carbons (Fsp3) is 0.375. The van der Waals surface area contributed by atoms with E-state index in [9.17, 15) is 9.59 Å². The van der Waals surface area contributed by atoms with Gasteiger partial charge >= 0.3 is 0 Å². The number of carbonyl (C=O) groups excluding carboxylic acids is 2. The molecule has 3 N–H and O–H groups in total. The largest absolute Gasteiger partial charge is 0.494 e. The summed E-state index contributed by atoms with van der Waals surface area (Å²) >= 11 is 0. The highest BCUT2D eigenvalue weighted by Gasteiger charge is 2.25. The number of carbonyl (C=O) groups is 2. The Balaban J connectivity index is 1.59. The van der Waals surface area contributed by atoms with Crippen molar-refractivity contribution in [3.05, 3.63) is 59.8 Å². The molecule has 2 amide bonds. The van der Waals surface area contributed by atoms with Crippen molar-refractivity contribution in [1.82, 2.24) is 20.0 Å². The lowest BCUT2D eigenvalue weighted by atomic mass is 10.1. The lowest BCUT2D eigenvalue weighted by Crippen LogP contribution is -2.46. The number of fused-ring (bicyclic) bond motifs is 1. The molecule has 2 heterocycles. The molecule has 33 heavy (non-hydrogen) atoms. The maximum absolute atomic E-state index is 13.2. The van der Waals surface area contributed by atoms with Gasteiger partial charge in [0.2, 0.25) is 5.91 Å². The third-order valence-electron chi connectivity index (χ3n) is 5.83. The van der Waals surface area contributed by atoms with Gasteiger partial charge in [0.15, 0.2) is 5.69 Å². The highest BCUT2D eigenvalue weighted by atomic mass is 16.5. The molecule has 0 aliphatic carbocycles. The monoisotopic (exact) mass is 451 g/mol. The van der Waals surface area contributed by atoms with E-state index in [2.05, 4.69) is 15.3 Å². The van der Waals surface area contributed by atoms with Gasteiger partial charge in [-0.3, -0.25) is 19.2 Å². The zero-order valence-corrected chi connectivity index (χ0v) is 18.7. The van der Waals surface area contributed by atoms with E-state index in [1.807, 2.05) is 48.5 Å². The van der Waals surface area contributed by atoms with Gasteiger partial charge in [-0.15, -0.1) is 0 Å². The van der Waals surface area contributed by atoms with Gasteiger partial charge in [0.05, 0.1) is 26.9 Å². The highest BCUT2D eigenvalue weighted by molar-refractivity contribution is 6.07. The SMILES string of the molecule is COc1cccc2c(C(=O)N[C@@H](Cc3ccccc3)C(N)=O)nn(CCN3CCOCC3)c12. The Kier molecular flexibility index (Phi) is 7.21. The number of nitrogens with two attached hydrogens (primary N) is 1. The van der Waals surface area contributed by atoms with Gasteiger partial charge in [-0.2, -0.15) is 5.10 Å². The molecular formula is C24H29N5O4. The first-order chi connectivity index (χ1) is 16.1. The summed E-state index contributed by atoms with van der Waals surface area (Å²) in [7, 11) is 1.59. The average Bonchev–Trinajstić information content (AvgIpc) is 3.22. The number of morpholine rings is 1. The summed E-state index contributed by atoms with van der Waals surface area (Å²) in [6.07, 6.45) is 0.306. The minimum atomic E-state index is -0.848. The van der Waals surface area contributed by atoms with Crippen molar-refractivity contribution in [3.8, 4) is 5.75 Å². The smallest absolute Gasteiger partial charge is 0.273 e. The number of aromatic nitrogens is 2. The zero-order valence-electron chi connectivity index (χ0n) is 18.7. The van der Waals surface area contributed by atoms with Crippen molar-refractivity contribution < 1.29 is 19.1 Å². The van der Waals surface area contributed by atoms with E-state index in [1.54, 1.807) is 11.8 Å². The molecule has 9 heteroatoms. The van der Waals surface area contributed by atoms with Gasteiger partial charge in [-0.25, -0.2) is 0 Å². The lowest BCUT2D eigenvalue weighted by molar-refractivity contribution is -0.119. The number of methoxy groups -OCH3 is 1. The molecule has 1 aromatic heterocycles. The summed E-state index contributed by atoms with van der Waals surface area (Å²) in [6, 6.07) is 14.1. The van der Waals surface area contributed by atoms with Crippen LogP contribution in [0.3, 0.4) is 0 Å². The fourth-order valence-electron chi connectivity index (χ4n) is 4.06. The van der Waals surface area contributed by atoms with E-state index in [-0.39, 0.29) is 5.69 Å². The Labute approximate surface area is 192 Å². The number of para-hydroxylation sites is 1. The number of nitrogens with zero attached hydrogens (tertiary/aromatic N) is 3. The minimum Gasteiger partial charge on any atom is -0.494 e. The maximum Gasteiger partial charge on any atom is 0.273 e. The molecule has 0 bridgehead atoms. The molecule has 0 spiro atoms. The van der Waals surface area contributed by atoms with Crippen molar-refractivity contribution in [3.63, 3.8) is 0 Å². The standard InChI is InChI=1S/C24H29N5O4/c1-32-20-9-5-8-18-21(27-29(22(18)20)11-10-28-12-14-33-15-13-28)24(31)26-19(23(25)30)16-17-6-3-2-4-7-17/h2-9,19H,10-16H2,1H3,(H2,25,30)(H,26,31)/t19-/m0/s1. The average molecular weight is 452 g/mol. The number of primary amides is 1. The molecule has 1 aliphatic rings. The second-order valence-electron chi connectivity index (χ2n) is 8.00. The molecule has 0 radical (unpaired) electrons. The Morgan fingerprint density at radius 1 is 1.12 bits per heavy atom. The van der Waals surface area contributed by atoms with Crippen LogP contribution in [0, 0.1) is 0 Å². The topological polar surface area (TPSA) is 112 Å². The van der Waals surface area contributed by atoms with Crippen LogP contribution in [0.25, 0.3) is 10.9 Å². The lowest BCUT2D eigenvalue weighted by Gasteiger charge is -2.26. The van der Waals surface area contributed by atoms with Crippen molar-refractivity contribution in [1.29, 1.82) is 0 Å². The van der Waals surface area contributed by atoms with E-state index in [0.29, 0.717) is 37.3 Å². The second kappa shape index (κ2) is 10.5. The van der Waals surface area contributed by atoms with Crippen molar-refractivity contribution in [2.24, 2.45) is 5.73 Å². The van der Waals surface area contributed by atoms with E-state index in [1.165, 1.54) is 0 Å². The van der Waals surface area contributed by atoms with Crippen molar-refractivity contribution in [2.75, 3.05) is 40.0 Å². The van der Waals surface area contributed by atoms with Crippen LogP contribution < -0.4 is 15.8 Å². The molecule has 3 aromatic rings. The Bertz CT molecular complexity index is 1110. The number of hydrogen-bond donors (Lipinski definition) is 2. The minimum absolute atomic E-state index is 0.241. The van der Waals surface area contributed by atoms with Gasteiger partial charge in [-0.05, 0) is 11.6 Å². The molecule has 1 atom stereocenters. The molecule has 1 fully saturated rings. The predicted molar refractivity (Wildman–Crippen MR) is 124 cm³/mol. The van der Waals surface area contributed by atoms with Crippen LogP contribution in [-0.4, -0.2) is 72.5 Å². The highest BCUT2D eigenvalue weighted by Crippen LogP contribution is 2.28. The quantitative estimate of drug-likeness (QED) is 0.506. The number of nitrogens with one attached hydrogen (secondary N) is 1. The van der Waals surface area contributed by atoms with Crippen LogP contribution in [0.5, 0.6) is 5.75 Å². The number of benzene rings is 2. The Morgan fingerprint density at radius 2 is 1.88 bits per heavy atom. The van der Waals surface area contributed by atoms with Crippen molar-refractivity contribution >= 4 is 22.7 Å². The summed E-state index contributed by atoms with van der Waals surface area (Å²) < 4.78 is 12.8. The van der Waals surface area contributed by atoms with Crippen LogP contribution in [0.1, 0.15) is 16.1 Å². The number of amides is 2. The summed E-state index contributed by atoms with van der Waals surface area (Å²) in [5.41, 5.74) is 7.48. The van der Waals surface area contributed by atoms with Gasteiger partial charge in [0.1, 0.15) is 17.3 Å². The van der Waals surface area contributed by atoms with Gasteiger partial charge in [0, 0.05) is 31.4 Å². The third-order valence-corrected chi connectivity index (χ3v) is 5.83. The number of ether oxygens (including phenoxy) is 2. The second-order valence-corrected chi connectivity index (χ2v) is 8.00. The van der Waals surface area contributed by atoms with E-state index in [4.69, 9.17) is 15.2 Å². The van der Waals surface area contributed by atoms with Crippen molar-refractivity contribution in [2.45, 2.75) is 19.0 Å². The van der Waals surface area contributed by atoms with Crippen LogP contribution in [0.2, 0.25) is 0 Å². The van der Waals surface area contributed by atoms with Crippen LogP contribution >= 0.6 is 0 Å². The molecule has 1 saturated heterocycles. The summed E-state index contributed by atoms with van der Waals surface area (Å²) in [5, 5.41) is 8.05. The van der Waals surface area contributed by atoms with E-state index < -0.39 is 17.9 Å². The summed E-state index contributed by atoms with van der Waals surface area (Å²) in [6.45, 7) is 4.52. The number of rotatable bonds is 9. The Morgan fingerprint density at radius 3 is 2.58 bits per heavy atom. The molecule has 2 aromatic carbocycles. The molecule has 4 rings (SSSR count). The van der Waals surface area contributed by atoms with Gasteiger partial charge < -0.3 is 20.5 Å². The molecule has 0 unspecified atom stereocenters. The Hall–Kier alpha value is -3.43. The van der Waals surface area contributed by atoms with Crippen LogP contribution in [0.4, 0.5) is 0 Å². The normalized spacial score (nSPS) is 15.3. The van der Waals surface area contributed by atoms with E-state index >= 15 is 0 Å². The van der Waals surface area contributed by atoms with E-state index in [0.717, 1.165) is 30.7 Å². The molecule has 9 nitrogen and oxygen atoms in total. The number of hydrogen-bond acceptors (Lipinski definition) is 6. The van der Waals surface area contributed by atoms with Gasteiger partial charge in [0.25, 0.3) is 5.91 Å². The molecular weight excluding hydrogens is 422 g/mol. The first-order valence-corrected chi connectivity index (χ1v) is 11.0. The first kappa shape index (κ1) is 22.8. The van der Waals surface area contributed by atoms with Crippen LogP contribution in [-0.2, 0) is 22.5 Å². The first-order valence-electron chi connectivity index (χ1n) is 11.0. The summed E-state index contributed by atoms with van der Waals surface area (Å²) in [5.74, 6) is -0.407. The summed E-state index contributed by atoms with van der Waals surface area (Å²) in [4.78, 5) is 27.6. The fourth-order valence-corrected chi connectivity index (χ4v) is 4.06. The van der Waals surface area contributed by atoms with Crippen LogP contribution in [0.15, 0.2) is 48.5 Å². The molecule has 1 aliphatic heterocycles. The maximum atomic E-state index is 13.2. The zero-order chi connectivity index (χ0) is 23.2. The third kappa shape index (κ3) is 5.32.